The van der Waals surface area contributed by atoms with Crippen LogP contribution in [0.2, 0.25) is 0 Å². The predicted octanol–water partition coefficient (Wildman–Crippen LogP) is 1.03. The van der Waals surface area contributed by atoms with Crippen LogP contribution in [0.5, 0.6) is 11.5 Å². The Balaban J connectivity index is 1.49. The third-order valence-electron chi connectivity index (χ3n) is 4.14. The smallest absolute Gasteiger partial charge is 0.273 e. The first kappa shape index (κ1) is 15.9. The fourth-order valence-corrected chi connectivity index (χ4v) is 4.56. The zero-order chi connectivity index (χ0) is 17.4. The van der Waals surface area contributed by atoms with Crippen LogP contribution < -0.4 is 14.8 Å². The van der Waals surface area contributed by atoms with Gasteiger partial charge in [0.2, 0.25) is 0 Å². The minimum absolute atomic E-state index is 0.0361. The van der Waals surface area contributed by atoms with E-state index in [1.54, 1.807) is 18.2 Å². The Morgan fingerprint density at radius 2 is 1.96 bits per heavy atom. The van der Waals surface area contributed by atoms with Crippen LogP contribution >= 0.6 is 0 Å². The first-order chi connectivity index (χ1) is 12.0. The summed E-state index contributed by atoms with van der Waals surface area (Å²) < 4.78 is 39.1. The van der Waals surface area contributed by atoms with Crippen LogP contribution in [0.4, 0.5) is 0 Å². The lowest BCUT2D eigenvalue weighted by Gasteiger charge is -2.18. The number of nitrogens with zero attached hydrogens (tertiary/aromatic N) is 1. The molecule has 1 aromatic heterocycles. The monoisotopic (exact) mass is 364 g/mol. The molecule has 1 aromatic carbocycles. The third kappa shape index (κ3) is 3.32. The molecule has 9 heteroatoms. The van der Waals surface area contributed by atoms with Crippen molar-refractivity contribution in [1.82, 2.24) is 10.5 Å². The number of nitrogens with one attached hydrogen (secondary N) is 1. The van der Waals surface area contributed by atoms with Gasteiger partial charge in [-0.2, -0.15) is 0 Å². The number of hydrogen-bond acceptors (Lipinski definition) is 7. The molecule has 2 aliphatic heterocycles. The van der Waals surface area contributed by atoms with Crippen LogP contribution in [0, 0.1) is 0 Å². The van der Waals surface area contributed by atoms with Crippen molar-refractivity contribution in [2.45, 2.75) is 12.5 Å². The van der Waals surface area contributed by atoms with Crippen LogP contribution in [-0.2, 0) is 9.84 Å². The van der Waals surface area contributed by atoms with Crippen molar-refractivity contribution in [3.05, 3.63) is 30.0 Å². The number of ether oxygens (including phenoxy) is 2. The maximum absolute atomic E-state index is 12.2. The van der Waals surface area contributed by atoms with Crippen molar-refractivity contribution in [2.75, 3.05) is 24.7 Å². The van der Waals surface area contributed by atoms with Crippen LogP contribution in [0.25, 0.3) is 11.3 Å². The topological polar surface area (TPSA) is 108 Å². The van der Waals surface area contributed by atoms with E-state index < -0.39 is 15.7 Å². The molecule has 0 saturated carbocycles. The van der Waals surface area contributed by atoms with Gasteiger partial charge in [-0.15, -0.1) is 0 Å². The molecule has 1 atom stereocenters. The normalized spacial score (nSPS) is 21.0. The van der Waals surface area contributed by atoms with Crippen LogP contribution in [0.3, 0.4) is 0 Å². The number of sulfone groups is 1. The number of benzene rings is 1. The Morgan fingerprint density at radius 3 is 2.72 bits per heavy atom. The maximum atomic E-state index is 12.2. The Bertz CT molecular complexity index is 920. The largest absolute Gasteiger partial charge is 0.486 e. The van der Waals surface area contributed by atoms with Crippen molar-refractivity contribution >= 4 is 15.7 Å². The van der Waals surface area contributed by atoms with E-state index in [-0.39, 0.29) is 23.2 Å². The van der Waals surface area contributed by atoms with Gasteiger partial charge in [-0.25, -0.2) is 8.42 Å². The lowest BCUT2D eigenvalue weighted by molar-refractivity contribution is 0.0932. The lowest BCUT2D eigenvalue weighted by atomic mass is 10.1. The molecule has 3 heterocycles. The van der Waals surface area contributed by atoms with E-state index >= 15 is 0 Å². The highest BCUT2D eigenvalue weighted by molar-refractivity contribution is 7.91. The van der Waals surface area contributed by atoms with Crippen molar-refractivity contribution in [2.24, 2.45) is 0 Å². The Labute approximate surface area is 144 Å². The van der Waals surface area contributed by atoms with Gasteiger partial charge >= 0.3 is 0 Å². The number of hydrogen-bond donors (Lipinski definition) is 1. The van der Waals surface area contributed by atoms with Gasteiger partial charge in [0.25, 0.3) is 5.91 Å². The molecule has 1 saturated heterocycles. The van der Waals surface area contributed by atoms with Crippen molar-refractivity contribution in [1.29, 1.82) is 0 Å². The second-order valence-electron chi connectivity index (χ2n) is 6.01. The molecule has 1 N–H and O–H groups in total. The van der Waals surface area contributed by atoms with Gasteiger partial charge in [0.15, 0.2) is 32.8 Å². The molecule has 4 rings (SSSR count). The SMILES string of the molecule is O=C(N[C@H]1CCS(=O)(=O)C1)c1cc(-c2ccc3c(c2)OCCO3)on1. The Kier molecular flexibility index (Phi) is 3.87. The summed E-state index contributed by atoms with van der Waals surface area (Å²) in [6.45, 7) is 0.987. The summed E-state index contributed by atoms with van der Waals surface area (Å²) in [7, 11) is -3.05. The number of carbonyl (C=O) groups excluding carboxylic acids is 1. The quantitative estimate of drug-likeness (QED) is 0.866. The van der Waals surface area contributed by atoms with Crippen molar-refractivity contribution in [3.8, 4) is 22.8 Å². The summed E-state index contributed by atoms with van der Waals surface area (Å²) in [6.07, 6.45) is 0.418. The van der Waals surface area contributed by atoms with E-state index in [9.17, 15) is 13.2 Å². The number of rotatable bonds is 3. The van der Waals surface area contributed by atoms with Gasteiger partial charge in [-0.1, -0.05) is 5.16 Å². The molecular weight excluding hydrogens is 348 g/mol. The first-order valence-electron chi connectivity index (χ1n) is 7.88. The van der Waals surface area contributed by atoms with E-state index in [4.69, 9.17) is 14.0 Å². The van der Waals surface area contributed by atoms with E-state index in [0.29, 0.717) is 42.5 Å². The molecule has 1 amide bonds. The highest BCUT2D eigenvalue weighted by Crippen LogP contribution is 2.34. The van der Waals surface area contributed by atoms with E-state index in [0.717, 1.165) is 0 Å². The highest BCUT2D eigenvalue weighted by Gasteiger charge is 2.30. The second kappa shape index (κ2) is 6.07. The summed E-state index contributed by atoms with van der Waals surface area (Å²) in [5.41, 5.74) is 0.813. The second-order valence-corrected chi connectivity index (χ2v) is 8.24. The number of amides is 1. The van der Waals surface area contributed by atoms with Crippen molar-refractivity contribution in [3.63, 3.8) is 0 Å². The standard InChI is InChI=1S/C16H16N2O6S/c19-16(17-11-3-6-25(20,21)9-11)12-8-14(24-18-12)10-1-2-13-15(7-10)23-5-4-22-13/h1-2,7-8,11H,3-6,9H2,(H,17,19)/t11-/m0/s1. The first-order valence-corrected chi connectivity index (χ1v) is 9.70. The average Bonchev–Trinajstić information content (AvgIpc) is 3.21. The summed E-state index contributed by atoms with van der Waals surface area (Å²) >= 11 is 0. The lowest BCUT2D eigenvalue weighted by Crippen LogP contribution is -2.35. The molecule has 0 bridgehead atoms. The zero-order valence-electron chi connectivity index (χ0n) is 13.2. The van der Waals surface area contributed by atoms with Gasteiger partial charge in [-0.05, 0) is 24.6 Å². The average molecular weight is 364 g/mol. The molecular formula is C16H16N2O6S. The van der Waals surface area contributed by atoms with Gasteiger partial charge in [0, 0.05) is 17.7 Å². The van der Waals surface area contributed by atoms with Gasteiger partial charge in [-0.3, -0.25) is 4.79 Å². The molecule has 132 valence electrons. The summed E-state index contributed by atoms with van der Waals surface area (Å²) in [5, 5.41) is 6.45. The fraction of sp³-hybridized carbons (Fsp3) is 0.375. The molecule has 2 aromatic rings. The number of aromatic nitrogens is 1. The number of fused-ring (bicyclic) bond motifs is 1. The fourth-order valence-electron chi connectivity index (χ4n) is 2.88. The van der Waals surface area contributed by atoms with Gasteiger partial charge < -0.3 is 19.3 Å². The molecule has 0 aliphatic carbocycles. The Hall–Kier alpha value is -2.55. The molecule has 2 aliphatic rings. The molecule has 8 nitrogen and oxygen atoms in total. The van der Waals surface area contributed by atoms with E-state index in [1.165, 1.54) is 6.07 Å². The minimum Gasteiger partial charge on any atom is -0.486 e. The number of carbonyl (C=O) groups is 1. The third-order valence-corrected chi connectivity index (χ3v) is 5.91. The highest BCUT2D eigenvalue weighted by atomic mass is 32.2. The molecule has 0 unspecified atom stereocenters. The van der Waals surface area contributed by atoms with E-state index in [1.807, 2.05) is 0 Å². The molecule has 1 fully saturated rings. The molecule has 25 heavy (non-hydrogen) atoms. The molecule has 0 spiro atoms. The summed E-state index contributed by atoms with van der Waals surface area (Å²) in [5.74, 6) is 1.30. The minimum atomic E-state index is -3.05. The maximum Gasteiger partial charge on any atom is 0.273 e. The van der Waals surface area contributed by atoms with Crippen molar-refractivity contribution < 1.29 is 27.2 Å². The zero-order valence-corrected chi connectivity index (χ0v) is 14.0. The van der Waals surface area contributed by atoms with Gasteiger partial charge in [0.05, 0.1) is 11.5 Å². The molecule has 0 radical (unpaired) electrons. The van der Waals surface area contributed by atoms with Crippen LogP contribution in [0.15, 0.2) is 28.8 Å². The van der Waals surface area contributed by atoms with Gasteiger partial charge in [0.1, 0.15) is 13.2 Å². The Morgan fingerprint density at radius 1 is 1.16 bits per heavy atom. The summed E-state index contributed by atoms with van der Waals surface area (Å²) in [4.78, 5) is 12.2. The predicted molar refractivity (Wildman–Crippen MR) is 87.5 cm³/mol. The summed E-state index contributed by atoms with van der Waals surface area (Å²) in [6, 6.07) is 6.46. The van der Waals surface area contributed by atoms with E-state index in [2.05, 4.69) is 10.5 Å². The van der Waals surface area contributed by atoms with Crippen LogP contribution in [0.1, 0.15) is 16.9 Å². The van der Waals surface area contributed by atoms with Crippen LogP contribution in [-0.4, -0.2) is 50.2 Å².